The summed E-state index contributed by atoms with van der Waals surface area (Å²) in [5, 5.41) is 23.3. The lowest BCUT2D eigenvalue weighted by Gasteiger charge is -2.23. The summed E-state index contributed by atoms with van der Waals surface area (Å²) >= 11 is 0. The number of aryl methyl sites for hydroxylation is 1. The first-order valence-electron chi connectivity index (χ1n) is 10.0. The molecule has 2 N–H and O–H groups in total. The fourth-order valence-electron chi connectivity index (χ4n) is 4.07. The Bertz CT molecular complexity index is 1140. The molecule has 0 saturated carbocycles. The van der Waals surface area contributed by atoms with Gasteiger partial charge in [0.15, 0.2) is 0 Å². The number of fused-ring (bicyclic) bond motifs is 1. The summed E-state index contributed by atoms with van der Waals surface area (Å²) in [7, 11) is 0. The molecule has 0 bridgehead atoms. The Balaban J connectivity index is 1.74. The molecule has 2 heterocycles. The first kappa shape index (κ1) is 19.9. The number of para-hydroxylation sites is 1. The quantitative estimate of drug-likeness (QED) is 0.648. The molecule has 1 unspecified atom stereocenters. The minimum atomic E-state index is -0.966. The number of rotatable bonds is 5. The zero-order valence-electron chi connectivity index (χ0n) is 16.8. The highest BCUT2D eigenvalue weighted by atomic mass is 16.5. The molecule has 2 aromatic carbocycles. The van der Waals surface area contributed by atoms with Crippen LogP contribution in [0.15, 0.2) is 42.5 Å². The van der Waals surface area contributed by atoms with E-state index in [1.54, 1.807) is 18.2 Å². The lowest BCUT2D eigenvalue weighted by molar-refractivity contribution is 0.0698. The minimum Gasteiger partial charge on any atom is -0.478 e. The maximum Gasteiger partial charge on any atom is 0.337 e. The van der Waals surface area contributed by atoms with Crippen LogP contribution in [0.2, 0.25) is 0 Å². The van der Waals surface area contributed by atoms with Crippen LogP contribution in [0.1, 0.15) is 51.5 Å². The van der Waals surface area contributed by atoms with Gasteiger partial charge in [-0.25, -0.2) is 9.78 Å². The van der Waals surface area contributed by atoms with Gasteiger partial charge in [-0.15, -0.1) is 0 Å². The average Bonchev–Trinajstić information content (AvgIpc) is 2.77. The van der Waals surface area contributed by atoms with Gasteiger partial charge < -0.3 is 15.2 Å². The van der Waals surface area contributed by atoms with Crippen molar-refractivity contribution in [3.05, 3.63) is 70.4 Å². The van der Waals surface area contributed by atoms with Gasteiger partial charge in [0.25, 0.3) is 0 Å². The third-order valence-corrected chi connectivity index (χ3v) is 5.53. The van der Waals surface area contributed by atoms with Crippen molar-refractivity contribution in [2.45, 2.75) is 32.2 Å². The lowest BCUT2D eigenvalue weighted by Crippen LogP contribution is -2.17. The number of anilines is 1. The highest BCUT2D eigenvalue weighted by Crippen LogP contribution is 2.31. The third-order valence-electron chi connectivity index (χ3n) is 5.53. The van der Waals surface area contributed by atoms with Gasteiger partial charge in [0.05, 0.1) is 17.7 Å². The van der Waals surface area contributed by atoms with Crippen molar-refractivity contribution in [1.82, 2.24) is 4.98 Å². The van der Waals surface area contributed by atoms with E-state index in [1.165, 1.54) is 0 Å². The monoisotopic (exact) mass is 401 g/mol. The van der Waals surface area contributed by atoms with Crippen LogP contribution in [0.25, 0.3) is 10.9 Å². The van der Waals surface area contributed by atoms with Gasteiger partial charge in [0.1, 0.15) is 11.8 Å². The number of carbonyl (C=O) groups is 1. The molecule has 0 aliphatic carbocycles. The Labute approximate surface area is 175 Å². The SMILES string of the molecule is Cc1cc(CNc2ccccc2C(=O)O)c2cc(C3CCCOC3)c(C#N)nc2c1. The predicted octanol–water partition coefficient (Wildman–Crippen LogP) is 4.62. The van der Waals surface area contributed by atoms with Crippen LogP contribution in [0.5, 0.6) is 0 Å². The highest BCUT2D eigenvalue weighted by Gasteiger charge is 2.21. The maximum absolute atomic E-state index is 11.5. The van der Waals surface area contributed by atoms with Crippen molar-refractivity contribution in [3.8, 4) is 6.07 Å². The molecule has 1 saturated heterocycles. The van der Waals surface area contributed by atoms with Gasteiger partial charge in [-0.05, 0) is 60.7 Å². The van der Waals surface area contributed by atoms with Crippen LogP contribution in [0, 0.1) is 18.3 Å². The van der Waals surface area contributed by atoms with E-state index in [9.17, 15) is 15.2 Å². The van der Waals surface area contributed by atoms with Crippen molar-refractivity contribution in [2.24, 2.45) is 0 Å². The van der Waals surface area contributed by atoms with Gasteiger partial charge in [-0.3, -0.25) is 0 Å². The molecule has 1 fully saturated rings. The number of benzene rings is 2. The highest BCUT2D eigenvalue weighted by molar-refractivity contribution is 5.94. The number of hydrogen-bond acceptors (Lipinski definition) is 5. The van der Waals surface area contributed by atoms with Crippen molar-refractivity contribution in [2.75, 3.05) is 18.5 Å². The second-order valence-corrected chi connectivity index (χ2v) is 7.65. The number of ether oxygens (including phenoxy) is 1. The molecule has 4 rings (SSSR count). The van der Waals surface area contributed by atoms with Crippen molar-refractivity contribution >= 4 is 22.6 Å². The molecule has 0 spiro atoms. The zero-order valence-corrected chi connectivity index (χ0v) is 16.8. The fraction of sp³-hybridized carbons (Fsp3) is 0.292. The molecule has 1 aliphatic heterocycles. The van der Waals surface area contributed by atoms with E-state index in [4.69, 9.17) is 4.74 Å². The largest absolute Gasteiger partial charge is 0.478 e. The molecule has 1 aliphatic rings. The topological polar surface area (TPSA) is 95.2 Å². The van der Waals surface area contributed by atoms with E-state index in [2.05, 4.69) is 28.5 Å². The van der Waals surface area contributed by atoms with Crippen LogP contribution in [-0.2, 0) is 11.3 Å². The van der Waals surface area contributed by atoms with Gasteiger partial charge in [-0.1, -0.05) is 18.2 Å². The summed E-state index contributed by atoms with van der Waals surface area (Å²) in [6.07, 6.45) is 1.95. The lowest BCUT2D eigenvalue weighted by atomic mass is 9.90. The van der Waals surface area contributed by atoms with Gasteiger partial charge in [-0.2, -0.15) is 5.26 Å². The van der Waals surface area contributed by atoms with Crippen LogP contribution in [0.4, 0.5) is 5.69 Å². The molecule has 6 heteroatoms. The minimum absolute atomic E-state index is 0.167. The van der Waals surface area contributed by atoms with Crippen molar-refractivity contribution < 1.29 is 14.6 Å². The summed E-state index contributed by atoms with van der Waals surface area (Å²) in [4.78, 5) is 16.1. The zero-order chi connectivity index (χ0) is 21.1. The number of carboxylic acid groups (broad SMARTS) is 1. The Morgan fingerprint density at radius 3 is 2.90 bits per heavy atom. The van der Waals surface area contributed by atoms with Gasteiger partial charge >= 0.3 is 5.97 Å². The van der Waals surface area contributed by atoms with Gasteiger partial charge in [0.2, 0.25) is 0 Å². The molecule has 6 nitrogen and oxygen atoms in total. The molecular weight excluding hydrogens is 378 g/mol. The standard InChI is InChI=1S/C24H23N3O3/c1-15-9-17(13-26-21-7-3-2-6-18(21)24(28)29)20-11-19(16-5-4-8-30-14-16)23(12-25)27-22(20)10-15/h2-3,6-7,9-11,16,26H,4-5,8,13-14H2,1H3,(H,28,29). The first-order chi connectivity index (χ1) is 14.6. The van der Waals surface area contributed by atoms with Crippen molar-refractivity contribution in [1.29, 1.82) is 5.26 Å². The number of carboxylic acids is 1. The number of aromatic nitrogens is 1. The van der Waals surface area contributed by atoms with E-state index in [0.29, 0.717) is 24.5 Å². The Morgan fingerprint density at radius 1 is 1.33 bits per heavy atom. The molecule has 30 heavy (non-hydrogen) atoms. The van der Waals surface area contributed by atoms with Gasteiger partial charge in [0, 0.05) is 30.1 Å². The normalized spacial score (nSPS) is 16.2. The van der Waals surface area contributed by atoms with E-state index in [-0.39, 0.29) is 11.5 Å². The molecule has 1 atom stereocenters. The number of pyridine rings is 1. The summed E-state index contributed by atoms with van der Waals surface area (Å²) in [5.74, 6) is -0.799. The van der Waals surface area contributed by atoms with E-state index < -0.39 is 5.97 Å². The van der Waals surface area contributed by atoms with Crippen molar-refractivity contribution in [3.63, 3.8) is 0 Å². The van der Waals surface area contributed by atoms with Crippen LogP contribution >= 0.6 is 0 Å². The summed E-state index contributed by atoms with van der Waals surface area (Å²) < 4.78 is 5.63. The number of aromatic carboxylic acids is 1. The summed E-state index contributed by atoms with van der Waals surface area (Å²) in [6.45, 7) is 3.81. The first-order valence-corrected chi connectivity index (χ1v) is 10.0. The fourth-order valence-corrected chi connectivity index (χ4v) is 4.07. The number of nitriles is 1. The summed E-state index contributed by atoms with van der Waals surface area (Å²) in [5.41, 5.74) is 5.02. The molecular formula is C24H23N3O3. The smallest absolute Gasteiger partial charge is 0.337 e. The molecule has 1 aromatic heterocycles. The van der Waals surface area contributed by atoms with Crippen LogP contribution in [-0.4, -0.2) is 29.3 Å². The average molecular weight is 401 g/mol. The molecule has 3 aromatic rings. The van der Waals surface area contributed by atoms with Crippen LogP contribution in [0.3, 0.4) is 0 Å². The molecule has 0 radical (unpaired) electrons. The Hall–Kier alpha value is -3.43. The second-order valence-electron chi connectivity index (χ2n) is 7.65. The maximum atomic E-state index is 11.5. The molecule has 152 valence electrons. The Kier molecular flexibility index (Phi) is 5.64. The predicted molar refractivity (Wildman–Crippen MR) is 115 cm³/mol. The van der Waals surface area contributed by atoms with E-state index in [1.807, 2.05) is 19.1 Å². The summed E-state index contributed by atoms with van der Waals surface area (Å²) in [6, 6.07) is 15.2. The number of nitrogens with one attached hydrogen (secondary N) is 1. The van der Waals surface area contributed by atoms with E-state index in [0.717, 1.165) is 47.0 Å². The Morgan fingerprint density at radius 2 is 2.17 bits per heavy atom. The van der Waals surface area contributed by atoms with Crippen LogP contribution < -0.4 is 5.32 Å². The van der Waals surface area contributed by atoms with E-state index >= 15 is 0 Å². The second kappa shape index (κ2) is 8.52. The molecule has 0 amide bonds. The number of hydrogen-bond donors (Lipinski definition) is 2. The third kappa shape index (κ3) is 3.98. The number of nitrogens with zero attached hydrogens (tertiary/aromatic N) is 2.